The van der Waals surface area contributed by atoms with E-state index in [1.807, 2.05) is 20.8 Å². The van der Waals surface area contributed by atoms with E-state index < -0.39 is 5.60 Å². The van der Waals surface area contributed by atoms with Gasteiger partial charge >= 0.3 is 6.09 Å². The van der Waals surface area contributed by atoms with E-state index in [2.05, 4.69) is 11.1 Å². The summed E-state index contributed by atoms with van der Waals surface area (Å²) in [5.41, 5.74) is 3.33. The third kappa shape index (κ3) is 7.38. The largest absolute Gasteiger partial charge is 0.444 e. The summed E-state index contributed by atoms with van der Waals surface area (Å²) in [5, 5.41) is 2.95. The van der Waals surface area contributed by atoms with Crippen LogP contribution in [-0.2, 0) is 9.47 Å². The molecule has 1 aliphatic rings. The Bertz CT molecular complexity index is 268. The first-order valence-corrected chi connectivity index (χ1v) is 7.27. The SMILES string of the molecule is CC(C)(C)OC(=O)NC1CCC(COCC[NH3+])CC1. The van der Waals surface area contributed by atoms with Crippen LogP contribution in [0.5, 0.6) is 0 Å². The third-order valence-electron chi connectivity index (χ3n) is 3.21. The maximum absolute atomic E-state index is 11.7. The van der Waals surface area contributed by atoms with Crippen LogP contribution in [0.15, 0.2) is 0 Å². The number of hydrogen-bond acceptors (Lipinski definition) is 3. The number of ether oxygens (including phenoxy) is 2. The van der Waals surface area contributed by atoms with Gasteiger partial charge in [-0.1, -0.05) is 0 Å². The van der Waals surface area contributed by atoms with Crippen molar-refractivity contribution < 1.29 is 20.0 Å². The molecule has 0 spiro atoms. The van der Waals surface area contributed by atoms with E-state index in [1.54, 1.807) is 0 Å². The predicted molar refractivity (Wildman–Crippen MR) is 73.7 cm³/mol. The van der Waals surface area contributed by atoms with Gasteiger partial charge in [0, 0.05) is 12.6 Å². The van der Waals surface area contributed by atoms with Crippen molar-refractivity contribution >= 4 is 6.09 Å². The van der Waals surface area contributed by atoms with Gasteiger partial charge in [0.1, 0.15) is 5.60 Å². The van der Waals surface area contributed by atoms with E-state index in [0.29, 0.717) is 5.92 Å². The van der Waals surface area contributed by atoms with Crippen molar-refractivity contribution in [3.8, 4) is 0 Å². The number of nitrogens with one attached hydrogen (secondary N) is 1. The number of carbonyl (C=O) groups is 1. The fourth-order valence-electron chi connectivity index (χ4n) is 2.30. The topological polar surface area (TPSA) is 75.2 Å². The van der Waals surface area contributed by atoms with Gasteiger partial charge < -0.3 is 20.5 Å². The van der Waals surface area contributed by atoms with E-state index in [1.165, 1.54) is 0 Å². The van der Waals surface area contributed by atoms with Crippen molar-refractivity contribution in [2.24, 2.45) is 5.92 Å². The highest BCUT2D eigenvalue weighted by atomic mass is 16.6. The van der Waals surface area contributed by atoms with Gasteiger partial charge in [0.15, 0.2) is 0 Å². The Morgan fingerprint density at radius 2 is 1.89 bits per heavy atom. The van der Waals surface area contributed by atoms with E-state index in [-0.39, 0.29) is 12.1 Å². The minimum atomic E-state index is -0.427. The van der Waals surface area contributed by atoms with Gasteiger partial charge in [0.25, 0.3) is 0 Å². The number of hydrogen-bond donors (Lipinski definition) is 2. The summed E-state index contributed by atoms with van der Waals surface area (Å²) in [6.07, 6.45) is 3.94. The first-order chi connectivity index (χ1) is 8.90. The fraction of sp³-hybridized carbons (Fsp3) is 0.929. The molecule has 0 heterocycles. The molecule has 1 fully saturated rings. The van der Waals surface area contributed by atoms with Gasteiger partial charge in [-0.15, -0.1) is 0 Å². The van der Waals surface area contributed by atoms with E-state index >= 15 is 0 Å². The summed E-state index contributed by atoms with van der Waals surface area (Å²) < 4.78 is 10.8. The lowest BCUT2D eigenvalue weighted by molar-refractivity contribution is -0.374. The highest BCUT2D eigenvalue weighted by molar-refractivity contribution is 5.68. The van der Waals surface area contributed by atoms with Crippen LogP contribution in [0.25, 0.3) is 0 Å². The molecule has 19 heavy (non-hydrogen) atoms. The summed E-state index contributed by atoms with van der Waals surface area (Å²) in [4.78, 5) is 11.7. The van der Waals surface area contributed by atoms with Crippen molar-refractivity contribution in [1.29, 1.82) is 0 Å². The highest BCUT2D eigenvalue weighted by Gasteiger charge is 2.24. The van der Waals surface area contributed by atoms with E-state index in [0.717, 1.165) is 45.4 Å². The van der Waals surface area contributed by atoms with Crippen LogP contribution < -0.4 is 11.1 Å². The molecule has 1 saturated carbocycles. The standard InChI is InChI=1S/C14H28N2O3/c1-14(2,3)19-13(17)16-12-6-4-11(5-7-12)10-18-9-8-15/h11-12H,4-10,15H2,1-3H3,(H,16,17)/p+1. The van der Waals surface area contributed by atoms with Gasteiger partial charge in [-0.05, 0) is 52.4 Å². The number of quaternary nitrogens is 1. The molecular formula is C14H29N2O3+. The summed E-state index contributed by atoms with van der Waals surface area (Å²) in [7, 11) is 0. The molecule has 0 radical (unpaired) electrons. The molecule has 1 amide bonds. The Balaban J connectivity index is 2.17. The average molecular weight is 273 g/mol. The molecule has 5 heteroatoms. The van der Waals surface area contributed by atoms with Gasteiger partial charge in [-0.3, -0.25) is 0 Å². The number of amides is 1. The van der Waals surface area contributed by atoms with Crippen LogP contribution in [0.1, 0.15) is 46.5 Å². The van der Waals surface area contributed by atoms with Gasteiger partial charge in [-0.2, -0.15) is 0 Å². The second kappa shape index (κ2) is 7.70. The second-order valence-electron chi connectivity index (χ2n) is 6.29. The summed E-state index contributed by atoms with van der Waals surface area (Å²) in [5.74, 6) is 0.628. The lowest BCUT2D eigenvalue weighted by Gasteiger charge is -2.29. The molecule has 0 bridgehead atoms. The summed E-state index contributed by atoms with van der Waals surface area (Å²) in [6, 6.07) is 0.249. The molecule has 0 saturated heterocycles. The van der Waals surface area contributed by atoms with E-state index in [9.17, 15) is 4.79 Å². The smallest absolute Gasteiger partial charge is 0.407 e. The van der Waals surface area contributed by atoms with Crippen LogP contribution in [0.4, 0.5) is 4.79 Å². The van der Waals surface area contributed by atoms with Crippen molar-refractivity contribution in [3.05, 3.63) is 0 Å². The zero-order valence-electron chi connectivity index (χ0n) is 12.5. The third-order valence-corrected chi connectivity index (χ3v) is 3.21. The molecule has 0 aromatic rings. The molecule has 1 rings (SSSR count). The molecule has 4 N–H and O–H groups in total. The summed E-state index contributed by atoms with van der Waals surface area (Å²) in [6.45, 7) is 8.04. The minimum absolute atomic E-state index is 0.249. The van der Waals surface area contributed by atoms with E-state index in [4.69, 9.17) is 9.47 Å². The van der Waals surface area contributed by atoms with Crippen molar-refractivity contribution in [2.45, 2.75) is 58.1 Å². The van der Waals surface area contributed by atoms with Crippen LogP contribution in [0.3, 0.4) is 0 Å². The van der Waals surface area contributed by atoms with Gasteiger partial charge in [0.05, 0.1) is 13.2 Å². The first kappa shape index (κ1) is 16.2. The number of rotatable bonds is 5. The zero-order chi connectivity index (χ0) is 14.3. The Morgan fingerprint density at radius 3 is 2.42 bits per heavy atom. The molecule has 1 aliphatic carbocycles. The van der Waals surface area contributed by atoms with Crippen LogP contribution in [0.2, 0.25) is 0 Å². The molecule has 112 valence electrons. The maximum atomic E-state index is 11.7. The van der Waals surface area contributed by atoms with Crippen LogP contribution >= 0.6 is 0 Å². The maximum Gasteiger partial charge on any atom is 0.407 e. The normalized spacial score (nSPS) is 24.0. The molecule has 5 nitrogen and oxygen atoms in total. The monoisotopic (exact) mass is 273 g/mol. The molecule has 0 unspecified atom stereocenters. The lowest BCUT2D eigenvalue weighted by atomic mass is 9.86. The Kier molecular flexibility index (Phi) is 6.58. The van der Waals surface area contributed by atoms with Crippen molar-refractivity contribution in [3.63, 3.8) is 0 Å². The van der Waals surface area contributed by atoms with Crippen LogP contribution in [-0.4, -0.2) is 37.5 Å². The van der Waals surface area contributed by atoms with Crippen molar-refractivity contribution in [2.75, 3.05) is 19.8 Å². The number of alkyl carbamates (subject to hydrolysis) is 1. The first-order valence-electron chi connectivity index (χ1n) is 7.27. The lowest BCUT2D eigenvalue weighted by Crippen LogP contribution is -2.52. The van der Waals surface area contributed by atoms with Crippen LogP contribution in [0, 0.1) is 5.92 Å². The number of carbonyl (C=O) groups excluding carboxylic acids is 1. The highest BCUT2D eigenvalue weighted by Crippen LogP contribution is 2.24. The van der Waals surface area contributed by atoms with Crippen molar-refractivity contribution in [1.82, 2.24) is 5.32 Å². The Labute approximate surface area is 116 Å². The van der Waals surface area contributed by atoms with Gasteiger partial charge in [-0.25, -0.2) is 4.79 Å². The fourth-order valence-corrected chi connectivity index (χ4v) is 2.30. The molecule has 0 aliphatic heterocycles. The Morgan fingerprint density at radius 1 is 1.26 bits per heavy atom. The minimum Gasteiger partial charge on any atom is -0.444 e. The molecular weight excluding hydrogens is 244 g/mol. The second-order valence-corrected chi connectivity index (χ2v) is 6.29. The quantitative estimate of drug-likeness (QED) is 0.742. The molecule has 0 aromatic carbocycles. The Hall–Kier alpha value is -0.810. The zero-order valence-corrected chi connectivity index (χ0v) is 12.5. The van der Waals surface area contributed by atoms with Gasteiger partial charge in [0.2, 0.25) is 0 Å². The predicted octanol–water partition coefficient (Wildman–Crippen LogP) is 1.33. The molecule has 0 atom stereocenters. The average Bonchev–Trinajstić information content (AvgIpc) is 2.29. The summed E-state index contributed by atoms with van der Waals surface area (Å²) >= 11 is 0. The molecule has 0 aromatic heterocycles.